The smallest absolute Gasteiger partial charge is 0.170 e. The van der Waals surface area contributed by atoms with E-state index in [0.717, 1.165) is 5.56 Å². The molecule has 0 bridgehead atoms. The first-order chi connectivity index (χ1) is 8.75. The second-order valence-electron chi connectivity index (χ2n) is 4.57. The van der Waals surface area contributed by atoms with E-state index in [4.69, 9.17) is 0 Å². The lowest BCUT2D eigenvalue weighted by Crippen LogP contribution is -2.19. The summed E-state index contributed by atoms with van der Waals surface area (Å²) in [6.45, 7) is 2.41. The van der Waals surface area contributed by atoms with Gasteiger partial charge in [0.1, 0.15) is 11.5 Å². The first-order valence-corrected chi connectivity index (χ1v) is 6.02. The molecule has 0 radical (unpaired) electrons. The molecule has 3 rings (SSSR count). The predicted molar refractivity (Wildman–Crippen MR) is 63.7 cm³/mol. The van der Waals surface area contributed by atoms with Crippen LogP contribution in [0.5, 0.6) is 0 Å². The molecule has 1 fully saturated rings. The van der Waals surface area contributed by atoms with Crippen molar-refractivity contribution in [3.8, 4) is 5.69 Å². The van der Waals surface area contributed by atoms with E-state index < -0.39 is 0 Å². The molecule has 0 saturated heterocycles. The van der Waals surface area contributed by atoms with Crippen molar-refractivity contribution in [2.75, 3.05) is 0 Å². The summed E-state index contributed by atoms with van der Waals surface area (Å²) >= 11 is 0. The Morgan fingerprint density at radius 3 is 3.00 bits per heavy atom. The highest BCUT2D eigenvalue weighted by Crippen LogP contribution is 2.20. The Bertz CT molecular complexity index is 541. The van der Waals surface area contributed by atoms with Crippen LogP contribution in [0.4, 0.5) is 4.39 Å². The van der Waals surface area contributed by atoms with Gasteiger partial charge in [-0.15, -0.1) is 5.10 Å². The van der Waals surface area contributed by atoms with Crippen LogP contribution >= 0.6 is 0 Å². The zero-order valence-corrected chi connectivity index (χ0v) is 10.1. The first-order valence-electron chi connectivity index (χ1n) is 6.02. The van der Waals surface area contributed by atoms with Gasteiger partial charge >= 0.3 is 0 Å². The summed E-state index contributed by atoms with van der Waals surface area (Å²) in [7, 11) is 0. The van der Waals surface area contributed by atoms with E-state index in [9.17, 15) is 4.39 Å². The van der Waals surface area contributed by atoms with Gasteiger partial charge in [-0.25, -0.2) is 4.39 Å². The van der Waals surface area contributed by atoms with Gasteiger partial charge in [-0.1, -0.05) is 12.1 Å². The van der Waals surface area contributed by atoms with Crippen LogP contribution in [0.1, 0.15) is 24.2 Å². The first kappa shape index (κ1) is 11.3. The minimum absolute atomic E-state index is 0.310. The fourth-order valence-corrected chi connectivity index (χ4v) is 1.90. The van der Waals surface area contributed by atoms with Crippen molar-refractivity contribution < 1.29 is 4.39 Å². The van der Waals surface area contributed by atoms with Crippen molar-refractivity contribution in [3.63, 3.8) is 0 Å². The molecule has 1 aromatic heterocycles. The van der Waals surface area contributed by atoms with E-state index in [0.29, 0.717) is 24.1 Å². The van der Waals surface area contributed by atoms with Crippen molar-refractivity contribution in [2.45, 2.75) is 32.4 Å². The quantitative estimate of drug-likeness (QED) is 0.886. The Balaban J connectivity index is 1.93. The highest BCUT2D eigenvalue weighted by molar-refractivity contribution is 5.41. The molecule has 1 N–H and O–H groups in total. The maximum atomic E-state index is 13.9. The molecule has 6 heteroatoms. The molecule has 1 aliphatic carbocycles. The molecule has 0 atom stereocenters. The molecule has 1 saturated carbocycles. The number of hydrogen-bond donors (Lipinski definition) is 1. The molecule has 1 aromatic carbocycles. The van der Waals surface area contributed by atoms with Crippen molar-refractivity contribution >= 4 is 0 Å². The number of aryl methyl sites for hydroxylation is 1. The van der Waals surface area contributed by atoms with Gasteiger partial charge in [0.2, 0.25) is 0 Å². The van der Waals surface area contributed by atoms with Crippen LogP contribution < -0.4 is 5.32 Å². The number of hydrogen-bond acceptors (Lipinski definition) is 4. The topological polar surface area (TPSA) is 55.6 Å². The van der Waals surface area contributed by atoms with Crippen molar-refractivity contribution in [1.29, 1.82) is 0 Å². The Hall–Kier alpha value is -1.82. The highest BCUT2D eigenvalue weighted by Gasteiger charge is 2.22. The Morgan fingerprint density at radius 2 is 2.28 bits per heavy atom. The van der Waals surface area contributed by atoms with E-state index in [2.05, 4.69) is 20.8 Å². The molecule has 0 amide bonds. The number of halogens is 1. The van der Waals surface area contributed by atoms with Crippen LogP contribution in [0.25, 0.3) is 5.69 Å². The van der Waals surface area contributed by atoms with Crippen LogP contribution in [-0.2, 0) is 6.54 Å². The van der Waals surface area contributed by atoms with Gasteiger partial charge in [0, 0.05) is 6.04 Å². The van der Waals surface area contributed by atoms with E-state index in [1.54, 1.807) is 6.07 Å². The van der Waals surface area contributed by atoms with Crippen LogP contribution in [0.3, 0.4) is 0 Å². The Morgan fingerprint density at radius 1 is 1.44 bits per heavy atom. The molecule has 1 heterocycles. The number of nitrogens with one attached hydrogen (secondary N) is 1. The lowest BCUT2D eigenvalue weighted by Gasteiger charge is -2.09. The van der Waals surface area contributed by atoms with Gasteiger partial charge in [-0.05, 0) is 41.8 Å². The largest absolute Gasteiger partial charge is 0.307 e. The van der Waals surface area contributed by atoms with Gasteiger partial charge in [-0.2, -0.15) is 4.68 Å². The summed E-state index contributed by atoms with van der Waals surface area (Å²) in [6.07, 6.45) is 2.39. The van der Waals surface area contributed by atoms with E-state index in [1.165, 1.54) is 23.6 Å². The molecule has 1 aliphatic rings. The second kappa shape index (κ2) is 4.45. The maximum absolute atomic E-state index is 13.9. The Labute approximate surface area is 104 Å². The third kappa shape index (κ3) is 2.11. The lowest BCUT2D eigenvalue weighted by atomic mass is 10.2. The second-order valence-corrected chi connectivity index (χ2v) is 4.57. The van der Waals surface area contributed by atoms with Crippen molar-refractivity contribution in [3.05, 3.63) is 35.4 Å². The fourth-order valence-electron chi connectivity index (χ4n) is 1.90. The highest BCUT2D eigenvalue weighted by atomic mass is 19.1. The zero-order chi connectivity index (χ0) is 12.5. The van der Waals surface area contributed by atoms with Gasteiger partial charge in [0.15, 0.2) is 5.82 Å². The summed E-state index contributed by atoms with van der Waals surface area (Å²) in [6, 6.07) is 5.51. The summed E-state index contributed by atoms with van der Waals surface area (Å²) in [5.74, 6) is 0.324. The third-order valence-electron chi connectivity index (χ3n) is 3.06. The van der Waals surface area contributed by atoms with Crippen LogP contribution in [0.2, 0.25) is 0 Å². The number of benzene rings is 1. The van der Waals surface area contributed by atoms with E-state index in [-0.39, 0.29) is 5.82 Å². The summed E-state index contributed by atoms with van der Waals surface area (Å²) in [4.78, 5) is 0. The average Bonchev–Trinajstić information content (AvgIpc) is 3.06. The third-order valence-corrected chi connectivity index (χ3v) is 3.06. The molecule has 18 heavy (non-hydrogen) atoms. The van der Waals surface area contributed by atoms with Crippen molar-refractivity contribution in [1.82, 2.24) is 25.5 Å². The summed E-state index contributed by atoms with van der Waals surface area (Å²) in [5.41, 5.74) is 1.24. The van der Waals surface area contributed by atoms with Crippen LogP contribution in [-0.4, -0.2) is 26.2 Å². The SMILES string of the molecule is Cc1cccc(F)c1-n1nnnc1CNC1CC1. The molecule has 0 spiro atoms. The summed E-state index contributed by atoms with van der Waals surface area (Å²) in [5, 5.41) is 14.8. The van der Waals surface area contributed by atoms with Gasteiger partial charge in [-0.3, -0.25) is 0 Å². The average molecular weight is 247 g/mol. The lowest BCUT2D eigenvalue weighted by molar-refractivity contribution is 0.588. The molecule has 94 valence electrons. The molecule has 2 aromatic rings. The minimum Gasteiger partial charge on any atom is -0.307 e. The maximum Gasteiger partial charge on any atom is 0.170 e. The fraction of sp³-hybridized carbons (Fsp3) is 0.417. The van der Waals surface area contributed by atoms with Crippen molar-refractivity contribution in [2.24, 2.45) is 0 Å². The molecule has 0 unspecified atom stereocenters. The monoisotopic (exact) mass is 247 g/mol. The Kier molecular flexibility index (Phi) is 2.79. The molecular weight excluding hydrogens is 233 g/mol. The number of nitrogens with zero attached hydrogens (tertiary/aromatic N) is 4. The van der Waals surface area contributed by atoms with Gasteiger partial charge in [0.05, 0.1) is 6.54 Å². The standard InChI is InChI=1S/C12H14FN5/c1-8-3-2-4-10(13)12(8)18-11(15-16-17-18)7-14-9-5-6-9/h2-4,9,14H,5-7H2,1H3. The van der Waals surface area contributed by atoms with Crippen LogP contribution in [0, 0.1) is 12.7 Å². The number of tetrazole rings is 1. The molecule has 5 nitrogen and oxygen atoms in total. The van der Waals surface area contributed by atoms with E-state index >= 15 is 0 Å². The zero-order valence-electron chi connectivity index (χ0n) is 10.1. The summed E-state index contributed by atoms with van der Waals surface area (Å²) < 4.78 is 15.3. The van der Waals surface area contributed by atoms with E-state index in [1.807, 2.05) is 13.0 Å². The number of rotatable bonds is 4. The van der Waals surface area contributed by atoms with Gasteiger partial charge in [0.25, 0.3) is 0 Å². The number of aromatic nitrogens is 4. The normalized spacial score (nSPS) is 15.0. The number of para-hydroxylation sites is 1. The molecule has 0 aliphatic heterocycles. The predicted octanol–water partition coefficient (Wildman–Crippen LogP) is 1.36. The minimum atomic E-state index is -0.310. The van der Waals surface area contributed by atoms with Crippen LogP contribution in [0.15, 0.2) is 18.2 Å². The molecular formula is C12H14FN5. The van der Waals surface area contributed by atoms with Gasteiger partial charge < -0.3 is 5.32 Å².